The second kappa shape index (κ2) is 6.88. The van der Waals surface area contributed by atoms with Crippen LogP contribution in [0.1, 0.15) is 23.3 Å². The highest BCUT2D eigenvalue weighted by atomic mass is 16.3. The number of aliphatic hydroxyl groups is 1. The molecule has 3 heterocycles. The molecule has 126 valence electrons. The van der Waals surface area contributed by atoms with E-state index in [1.165, 1.54) is 11.1 Å². The first-order valence-corrected chi connectivity index (χ1v) is 7.84. The average Bonchev–Trinajstić information content (AvgIpc) is 2.62. The van der Waals surface area contributed by atoms with Crippen LogP contribution in [0.3, 0.4) is 0 Å². The first kappa shape index (κ1) is 16.3. The van der Waals surface area contributed by atoms with Crippen molar-refractivity contribution in [3.63, 3.8) is 0 Å². The van der Waals surface area contributed by atoms with Gasteiger partial charge in [0.05, 0.1) is 18.3 Å². The third-order valence-corrected chi connectivity index (χ3v) is 4.10. The van der Waals surface area contributed by atoms with E-state index < -0.39 is 5.60 Å². The summed E-state index contributed by atoms with van der Waals surface area (Å²) in [5.41, 5.74) is -0.729. The van der Waals surface area contributed by atoms with E-state index in [9.17, 15) is 9.90 Å². The van der Waals surface area contributed by atoms with Gasteiger partial charge in [0.15, 0.2) is 5.69 Å². The second-order valence-corrected chi connectivity index (χ2v) is 6.08. The zero-order chi connectivity index (χ0) is 17.0. The molecule has 2 aromatic rings. The maximum atomic E-state index is 12.4. The minimum absolute atomic E-state index is 0.221. The van der Waals surface area contributed by atoms with Crippen LogP contribution in [0.15, 0.2) is 36.9 Å². The molecule has 0 unspecified atom stereocenters. The molecule has 1 fully saturated rings. The number of anilines is 1. The molecule has 1 amide bonds. The first-order valence-electron chi connectivity index (χ1n) is 7.84. The summed E-state index contributed by atoms with van der Waals surface area (Å²) in [7, 11) is 1.66. The number of aromatic nitrogens is 4. The molecule has 8 heteroatoms. The van der Waals surface area contributed by atoms with E-state index in [2.05, 4.69) is 20.2 Å². The lowest BCUT2D eigenvalue weighted by Crippen LogP contribution is -2.55. The molecular weight excluding hydrogens is 308 g/mol. The zero-order valence-electron chi connectivity index (χ0n) is 13.5. The Morgan fingerprint density at radius 3 is 3.00 bits per heavy atom. The van der Waals surface area contributed by atoms with Crippen LogP contribution < -0.4 is 4.90 Å². The number of hydrogen-bond donors (Lipinski definition) is 1. The van der Waals surface area contributed by atoms with Crippen LogP contribution >= 0.6 is 0 Å². The summed E-state index contributed by atoms with van der Waals surface area (Å²) in [5, 5.41) is 18.5. The molecule has 0 spiro atoms. The summed E-state index contributed by atoms with van der Waals surface area (Å²) in [4.78, 5) is 24.2. The Morgan fingerprint density at radius 1 is 1.42 bits per heavy atom. The number of carbonyl (C=O) groups is 1. The summed E-state index contributed by atoms with van der Waals surface area (Å²) >= 11 is 0. The van der Waals surface area contributed by atoms with Gasteiger partial charge < -0.3 is 14.9 Å². The van der Waals surface area contributed by atoms with Crippen molar-refractivity contribution < 1.29 is 9.90 Å². The Balaban J connectivity index is 1.68. The Morgan fingerprint density at radius 2 is 2.29 bits per heavy atom. The van der Waals surface area contributed by atoms with Crippen LogP contribution in [0, 0.1) is 0 Å². The molecule has 0 aromatic carbocycles. The smallest absolute Gasteiger partial charge is 0.274 e. The molecular formula is C16H20N6O2. The molecule has 2 aromatic heterocycles. The fraction of sp³-hybridized carbons (Fsp3) is 0.438. The number of β-amino-alcohol motifs (C(OH)–C–C–N with tert-alkyl or cyclic N) is 1. The molecule has 0 aliphatic carbocycles. The van der Waals surface area contributed by atoms with Crippen LogP contribution in [0.2, 0.25) is 0 Å². The molecule has 1 N–H and O–H groups in total. The maximum Gasteiger partial charge on any atom is 0.274 e. The molecule has 1 aliphatic rings. The van der Waals surface area contributed by atoms with E-state index in [4.69, 9.17) is 0 Å². The topological polar surface area (TPSA) is 95.3 Å². The Labute approximate surface area is 140 Å². The summed E-state index contributed by atoms with van der Waals surface area (Å²) in [6.45, 7) is 1.44. The number of nitrogens with zero attached hydrogens (tertiary/aromatic N) is 6. The van der Waals surface area contributed by atoms with Gasteiger partial charge in [0, 0.05) is 38.7 Å². The van der Waals surface area contributed by atoms with Gasteiger partial charge in [-0.25, -0.2) is 4.98 Å². The summed E-state index contributed by atoms with van der Waals surface area (Å²) in [6.07, 6.45) is 7.90. The molecule has 8 nitrogen and oxygen atoms in total. The minimum atomic E-state index is -0.998. The highest BCUT2D eigenvalue weighted by Crippen LogP contribution is 2.25. The van der Waals surface area contributed by atoms with Crippen molar-refractivity contribution in [1.82, 2.24) is 25.1 Å². The number of rotatable bonds is 4. The van der Waals surface area contributed by atoms with E-state index in [0.717, 1.165) is 18.8 Å². The van der Waals surface area contributed by atoms with Gasteiger partial charge in [-0.05, 0) is 25.0 Å². The van der Waals surface area contributed by atoms with E-state index in [1.807, 2.05) is 4.90 Å². The highest BCUT2D eigenvalue weighted by molar-refractivity contribution is 5.91. The lowest BCUT2D eigenvalue weighted by Gasteiger charge is -2.41. The van der Waals surface area contributed by atoms with Gasteiger partial charge in [0.25, 0.3) is 5.91 Å². The lowest BCUT2D eigenvalue weighted by atomic mass is 9.92. The normalized spacial score (nSPS) is 20.7. The number of likely N-dealkylation sites (N-methyl/N-ethyl adjacent to an activating group) is 1. The second-order valence-electron chi connectivity index (χ2n) is 6.08. The third kappa shape index (κ3) is 3.65. The predicted octanol–water partition coefficient (Wildman–Crippen LogP) is 0.370. The highest BCUT2D eigenvalue weighted by Gasteiger charge is 2.36. The predicted molar refractivity (Wildman–Crippen MR) is 87.4 cm³/mol. The largest absolute Gasteiger partial charge is 0.386 e. The van der Waals surface area contributed by atoms with Crippen LogP contribution in [0.4, 0.5) is 5.82 Å². The molecule has 0 radical (unpaired) electrons. The van der Waals surface area contributed by atoms with Crippen LogP contribution in [-0.4, -0.2) is 68.4 Å². The average molecular weight is 328 g/mol. The van der Waals surface area contributed by atoms with Gasteiger partial charge in [-0.1, -0.05) is 0 Å². The molecule has 0 saturated carbocycles. The van der Waals surface area contributed by atoms with E-state index in [-0.39, 0.29) is 18.1 Å². The monoisotopic (exact) mass is 328 g/mol. The molecule has 1 saturated heterocycles. The van der Waals surface area contributed by atoms with Gasteiger partial charge in [-0.3, -0.25) is 9.78 Å². The third-order valence-electron chi connectivity index (χ3n) is 4.10. The van der Waals surface area contributed by atoms with E-state index in [1.54, 1.807) is 37.8 Å². The fourth-order valence-corrected chi connectivity index (χ4v) is 3.02. The van der Waals surface area contributed by atoms with Crippen molar-refractivity contribution in [3.8, 4) is 0 Å². The SMILES string of the molecule is CN(C[C@]1(O)CCCN(c2cnccn2)C1)C(=O)c1cccnn1. The van der Waals surface area contributed by atoms with E-state index in [0.29, 0.717) is 13.0 Å². The van der Waals surface area contributed by atoms with Gasteiger partial charge >= 0.3 is 0 Å². The Hall–Kier alpha value is -2.61. The summed E-state index contributed by atoms with van der Waals surface area (Å²) in [6, 6.07) is 3.28. The lowest BCUT2D eigenvalue weighted by molar-refractivity contribution is -0.000319. The molecule has 1 aliphatic heterocycles. The number of carbonyl (C=O) groups excluding carboxylic acids is 1. The van der Waals surface area contributed by atoms with Crippen LogP contribution in [0.5, 0.6) is 0 Å². The Kier molecular flexibility index (Phi) is 4.66. The maximum absolute atomic E-state index is 12.4. The molecule has 3 rings (SSSR count). The van der Waals surface area contributed by atoms with E-state index >= 15 is 0 Å². The van der Waals surface area contributed by atoms with Crippen LogP contribution in [-0.2, 0) is 0 Å². The van der Waals surface area contributed by atoms with Crippen molar-refractivity contribution in [2.45, 2.75) is 18.4 Å². The fourth-order valence-electron chi connectivity index (χ4n) is 3.02. The van der Waals surface area contributed by atoms with Crippen molar-refractivity contribution in [2.24, 2.45) is 0 Å². The molecule has 24 heavy (non-hydrogen) atoms. The summed E-state index contributed by atoms with van der Waals surface area (Å²) in [5.74, 6) is 0.478. The number of amides is 1. The summed E-state index contributed by atoms with van der Waals surface area (Å²) < 4.78 is 0. The molecule has 1 atom stereocenters. The Bertz CT molecular complexity index is 683. The minimum Gasteiger partial charge on any atom is -0.386 e. The molecule has 0 bridgehead atoms. The zero-order valence-corrected chi connectivity index (χ0v) is 13.5. The standard InChI is InChI=1S/C16H20N6O2/c1-21(15(23)13-4-2-6-19-20-13)11-16(24)5-3-9-22(12-16)14-10-17-7-8-18-14/h2,4,6-8,10,24H,3,5,9,11-12H2,1H3/t16-/m1/s1. The van der Waals surface area contributed by atoms with Crippen molar-refractivity contribution in [3.05, 3.63) is 42.6 Å². The first-order chi connectivity index (χ1) is 11.6. The van der Waals surface area contributed by atoms with Crippen molar-refractivity contribution in [1.29, 1.82) is 0 Å². The van der Waals surface area contributed by atoms with Gasteiger partial charge in [0.2, 0.25) is 0 Å². The van der Waals surface area contributed by atoms with Crippen LogP contribution in [0.25, 0.3) is 0 Å². The van der Waals surface area contributed by atoms with Gasteiger partial charge in [0.1, 0.15) is 5.82 Å². The quantitative estimate of drug-likeness (QED) is 0.866. The number of hydrogen-bond acceptors (Lipinski definition) is 7. The van der Waals surface area contributed by atoms with Gasteiger partial charge in [-0.15, -0.1) is 5.10 Å². The van der Waals surface area contributed by atoms with Crippen molar-refractivity contribution >= 4 is 11.7 Å². The van der Waals surface area contributed by atoms with Gasteiger partial charge in [-0.2, -0.15) is 5.10 Å². The number of piperidine rings is 1. The van der Waals surface area contributed by atoms with Crippen molar-refractivity contribution in [2.75, 3.05) is 31.6 Å².